The highest BCUT2D eigenvalue weighted by molar-refractivity contribution is 7.80. The summed E-state index contributed by atoms with van der Waals surface area (Å²) in [6.45, 7) is 5.68. The summed E-state index contributed by atoms with van der Waals surface area (Å²) in [7, 11) is 0. The molecular weight excluding hydrogens is 316 g/mol. The molecule has 4 nitrogen and oxygen atoms in total. The monoisotopic (exact) mass is 336 g/mol. The van der Waals surface area contributed by atoms with Crippen molar-refractivity contribution < 1.29 is 0 Å². The summed E-state index contributed by atoms with van der Waals surface area (Å²) in [5.74, 6) is 0. The van der Waals surface area contributed by atoms with Gasteiger partial charge in [-0.15, -0.1) is 0 Å². The molecule has 0 aliphatic rings. The van der Waals surface area contributed by atoms with Crippen molar-refractivity contribution in [3.8, 4) is 0 Å². The maximum Gasteiger partial charge on any atom is 0.166 e. The van der Waals surface area contributed by atoms with E-state index in [0.29, 0.717) is 10.1 Å². The first kappa shape index (κ1) is 16.8. The number of thiocarbonyl (C=S) groups is 1. The number of hydrogen-bond donors (Lipinski definition) is 2. The Morgan fingerprint density at radius 2 is 2.09 bits per heavy atom. The number of halogens is 1. The summed E-state index contributed by atoms with van der Waals surface area (Å²) >= 11 is 11.3. The predicted molar refractivity (Wildman–Crippen MR) is 95.2 cm³/mol. The van der Waals surface area contributed by atoms with E-state index in [0.717, 1.165) is 25.2 Å². The van der Waals surface area contributed by atoms with Gasteiger partial charge in [0.2, 0.25) is 0 Å². The molecule has 0 aliphatic heterocycles. The summed E-state index contributed by atoms with van der Waals surface area (Å²) in [5, 5.41) is 12.1. The van der Waals surface area contributed by atoms with Crippen LogP contribution < -0.4 is 10.6 Å². The van der Waals surface area contributed by atoms with E-state index in [4.69, 9.17) is 23.8 Å². The lowest BCUT2D eigenvalue weighted by Gasteiger charge is -2.17. The Hall–Kier alpha value is -1.59. The van der Waals surface area contributed by atoms with Gasteiger partial charge in [0.15, 0.2) is 5.11 Å². The third-order valence-corrected chi connectivity index (χ3v) is 4.16. The van der Waals surface area contributed by atoms with Crippen LogP contribution in [0.5, 0.6) is 0 Å². The molecule has 22 heavy (non-hydrogen) atoms. The molecule has 0 aliphatic carbocycles. The smallest absolute Gasteiger partial charge is 0.166 e. The zero-order valence-electron chi connectivity index (χ0n) is 12.8. The van der Waals surface area contributed by atoms with Gasteiger partial charge in [-0.25, -0.2) is 0 Å². The second kappa shape index (κ2) is 8.15. The summed E-state index contributed by atoms with van der Waals surface area (Å²) in [6.07, 6.45) is 2.61. The molecule has 0 bridgehead atoms. The molecule has 1 atom stereocenters. The largest absolute Gasteiger partial charge is 0.363 e. The fourth-order valence-corrected chi connectivity index (χ4v) is 2.57. The molecule has 0 saturated carbocycles. The van der Waals surface area contributed by atoms with Crippen LogP contribution in [0.25, 0.3) is 0 Å². The van der Waals surface area contributed by atoms with Gasteiger partial charge in [-0.3, -0.25) is 4.68 Å². The molecule has 0 spiro atoms. The third-order valence-electron chi connectivity index (χ3n) is 3.52. The molecule has 2 N–H and O–H groups in total. The average Bonchev–Trinajstić information content (AvgIpc) is 2.84. The minimum absolute atomic E-state index is 0.188. The van der Waals surface area contributed by atoms with Gasteiger partial charge in [0.25, 0.3) is 0 Å². The topological polar surface area (TPSA) is 41.9 Å². The Balaban J connectivity index is 1.69. The van der Waals surface area contributed by atoms with E-state index >= 15 is 0 Å². The number of nitrogens with zero attached hydrogens (tertiary/aromatic N) is 2. The zero-order valence-corrected chi connectivity index (χ0v) is 14.4. The molecule has 0 amide bonds. The Labute approximate surface area is 141 Å². The minimum Gasteiger partial charge on any atom is -0.363 e. The van der Waals surface area contributed by atoms with E-state index in [9.17, 15) is 0 Å². The number of rotatable bonds is 6. The van der Waals surface area contributed by atoms with Gasteiger partial charge in [-0.2, -0.15) is 5.10 Å². The Morgan fingerprint density at radius 1 is 1.36 bits per heavy atom. The maximum absolute atomic E-state index is 5.98. The molecule has 1 aromatic carbocycles. The first-order valence-electron chi connectivity index (χ1n) is 7.35. The van der Waals surface area contributed by atoms with Crippen LogP contribution >= 0.6 is 23.8 Å². The van der Waals surface area contributed by atoms with Crippen LogP contribution in [0.15, 0.2) is 36.5 Å². The van der Waals surface area contributed by atoms with Crippen molar-refractivity contribution in [1.82, 2.24) is 20.4 Å². The highest BCUT2D eigenvalue weighted by Crippen LogP contribution is 2.13. The van der Waals surface area contributed by atoms with Gasteiger partial charge in [0.1, 0.15) is 0 Å². The molecule has 1 unspecified atom stereocenters. The van der Waals surface area contributed by atoms with Crippen LogP contribution in [-0.2, 0) is 6.54 Å². The van der Waals surface area contributed by atoms with E-state index in [1.807, 2.05) is 29.8 Å². The van der Waals surface area contributed by atoms with Crippen LogP contribution in [0.1, 0.15) is 30.6 Å². The molecule has 2 aromatic rings. The van der Waals surface area contributed by atoms with Gasteiger partial charge in [0, 0.05) is 13.1 Å². The summed E-state index contributed by atoms with van der Waals surface area (Å²) in [4.78, 5) is 0. The van der Waals surface area contributed by atoms with Gasteiger partial charge < -0.3 is 10.6 Å². The first-order valence-corrected chi connectivity index (χ1v) is 8.13. The lowest BCUT2D eigenvalue weighted by molar-refractivity contribution is 0.557. The van der Waals surface area contributed by atoms with E-state index in [1.165, 1.54) is 5.56 Å². The Morgan fingerprint density at radius 3 is 2.73 bits per heavy atom. The molecule has 1 heterocycles. The van der Waals surface area contributed by atoms with E-state index in [2.05, 4.69) is 34.8 Å². The molecule has 0 fully saturated rings. The van der Waals surface area contributed by atoms with Crippen molar-refractivity contribution in [2.75, 3.05) is 6.54 Å². The molecule has 0 saturated heterocycles. The van der Waals surface area contributed by atoms with Gasteiger partial charge >= 0.3 is 0 Å². The maximum atomic E-state index is 5.98. The quantitative estimate of drug-likeness (QED) is 0.626. The van der Waals surface area contributed by atoms with E-state index in [1.54, 1.807) is 6.20 Å². The Bertz CT molecular complexity index is 612. The van der Waals surface area contributed by atoms with Gasteiger partial charge in [-0.05, 0) is 38.0 Å². The number of aryl methyl sites for hydroxylation is 1. The fraction of sp³-hybridized carbons (Fsp3) is 0.375. The molecule has 1 aromatic heterocycles. The van der Waals surface area contributed by atoms with Crippen LogP contribution in [0.3, 0.4) is 0 Å². The lowest BCUT2D eigenvalue weighted by atomic mass is 10.1. The van der Waals surface area contributed by atoms with E-state index < -0.39 is 0 Å². The van der Waals surface area contributed by atoms with Crippen molar-refractivity contribution >= 4 is 28.9 Å². The van der Waals surface area contributed by atoms with Crippen molar-refractivity contribution in [2.24, 2.45) is 0 Å². The van der Waals surface area contributed by atoms with Crippen LogP contribution in [0, 0.1) is 6.92 Å². The zero-order chi connectivity index (χ0) is 15.9. The van der Waals surface area contributed by atoms with Crippen molar-refractivity contribution in [3.05, 3.63) is 52.8 Å². The van der Waals surface area contributed by atoms with Gasteiger partial charge in [0.05, 0.1) is 23.0 Å². The fourth-order valence-electron chi connectivity index (χ4n) is 2.15. The van der Waals surface area contributed by atoms with Gasteiger partial charge in [-0.1, -0.05) is 41.9 Å². The normalized spacial score (nSPS) is 12.0. The SMILES string of the molecule is Cc1c(Cl)cnn1CCCNC(=S)NC(C)c1ccccc1. The average molecular weight is 337 g/mol. The first-order chi connectivity index (χ1) is 10.6. The standard InChI is InChI=1S/C16H21ClN4S/c1-12(14-7-4-3-5-8-14)20-16(22)18-9-6-10-21-13(2)15(17)11-19-21/h3-5,7-8,11-12H,6,9-10H2,1-2H3,(H2,18,20,22). The van der Waals surface area contributed by atoms with Crippen molar-refractivity contribution in [1.29, 1.82) is 0 Å². The number of benzene rings is 1. The molecule has 0 radical (unpaired) electrons. The number of nitrogens with one attached hydrogen (secondary N) is 2. The second-order valence-electron chi connectivity index (χ2n) is 5.19. The number of hydrogen-bond acceptors (Lipinski definition) is 2. The summed E-state index contributed by atoms with van der Waals surface area (Å²) in [5.41, 5.74) is 2.22. The third kappa shape index (κ3) is 4.71. The molecule has 2 rings (SSSR count). The summed E-state index contributed by atoms with van der Waals surface area (Å²) < 4.78 is 1.91. The van der Waals surface area contributed by atoms with Crippen molar-refractivity contribution in [3.63, 3.8) is 0 Å². The lowest BCUT2D eigenvalue weighted by Crippen LogP contribution is -2.37. The van der Waals surface area contributed by atoms with Crippen LogP contribution in [0.4, 0.5) is 0 Å². The number of aromatic nitrogens is 2. The van der Waals surface area contributed by atoms with Crippen LogP contribution in [0.2, 0.25) is 5.02 Å². The predicted octanol–water partition coefficient (Wildman–Crippen LogP) is 3.46. The highest BCUT2D eigenvalue weighted by Gasteiger charge is 2.06. The van der Waals surface area contributed by atoms with Crippen molar-refractivity contribution in [2.45, 2.75) is 32.9 Å². The second-order valence-corrected chi connectivity index (χ2v) is 6.00. The highest BCUT2D eigenvalue weighted by atomic mass is 35.5. The molecule has 118 valence electrons. The summed E-state index contributed by atoms with van der Waals surface area (Å²) in [6, 6.07) is 10.4. The molecule has 6 heteroatoms. The molecular formula is C16H21ClN4S. The minimum atomic E-state index is 0.188. The Kier molecular flexibility index (Phi) is 6.21. The van der Waals surface area contributed by atoms with E-state index in [-0.39, 0.29) is 6.04 Å². The van der Waals surface area contributed by atoms with Crippen LogP contribution in [-0.4, -0.2) is 21.4 Å².